The zero-order valence-electron chi connectivity index (χ0n) is 15.5. The number of benzene rings is 2. The summed E-state index contributed by atoms with van der Waals surface area (Å²) in [4.78, 5) is 16.8. The first kappa shape index (κ1) is 16.4. The number of aromatic amines is 2. The highest BCUT2D eigenvalue weighted by Crippen LogP contribution is 2.41. The lowest BCUT2D eigenvalue weighted by Gasteiger charge is -2.10. The molecule has 5 rings (SSSR count). The first-order valence-corrected chi connectivity index (χ1v) is 8.76. The van der Waals surface area contributed by atoms with Crippen molar-refractivity contribution < 1.29 is 13.9 Å². The van der Waals surface area contributed by atoms with Gasteiger partial charge in [-0.1, -0.05) is 6.07 Å². The first-order valence-electron chi connectivity index (χ1n) is 8.76. The number of ether oxygens (including phenoxy) is 2. The molecule has 3 aromatic heterocycles. The summed E-state index contributed by atoms with van der Waals surface area (Å²) in [6.07, 6.45) is 1.84. The molecule has 0 bridgehead atoms. The van der Waals surface area contributed by atoms with Gasteiger partial charge < -0.3 is 19.0 Å². The van der Waals surface area contributed by atoms with Crippen LogP contribution in [0.4, 0.5) is 0 Å². The molecular weight excluding hydrogens is 358 g/mol. The zero-order chi connectivity index (χ0) is 19.4. The standard InChI is InChI=1S/C21H17N3O4/c1-10-14(25)6-5-12-18-20(28-19(10)12)17(13-9-22-24-21(13)23-18)11-4-7-15(26-2)16(8-11)27-3/h4-9H,1-3H3,(H2,22,23,24). The van der Waals surface area contributed by atoms with Crippen LogP contribution in [-0.2, 0) is 0 Å². The average Bonchev–Trinajstić information content (AvgIpc) is 3.33. The number of nitrogens with one attached hydrogen (secondary N) is 2. The Morgan fingerprint density at radius 3 is 2.61 bits per heavy atom. The van der Waals surface area contributed by atoms with Crippen LogP contribution in [-0.4, -0.2) is 29.4 Å². The van der Waals surface area contributed by atoms with Crippen molar-refractivity contribution in [1.82, 2.24) is 15.2 Å². The van der Waals surface area contributed by atoms with Gasteiger partial charge in [-0.25, -0.2) is 4.98 Å². The Labute approximate surface area is 158 Å². The quantitative estimate of drug-likeness (QED) is 0.494. The van der Waals surface area contributed by atoms with Gasteiger partial charge >= 0.3 is 0 Å². The van der Waals surface area contributed by atoms with Gasteiger partial charge in [0.25, 0.3) is 0 Å². The van der Waals surface area contributed by atoms with Gasteiger partial charge in [0.15, 0.2) is 28.2 Å². The molecule has 3 heterocycles. The van der Waals surface area contributed by atoms with E-state index in [0.717, 1.165) is 21.9 Å². The minimum atomic E-state index is -0.0573. The second-order valence-electron chi connectivity index (χ2n) is 6.58. The van der Waals surface area contributed by atoms with Crippen molar-refractivity contribution in [2.45, 2.75) is 6.92 Å². The van der Waals surface area contributed by atoms with Crippen LogP contribution in [0.5, 0.6) is 11.5 Å². The van der Waals surface area contributed by atoms with Crippen molar-refractivity contribution in [2.24, 2.45) is 0 Å². The Morgan fingerprint density at radius 2 is 1.82 bits per heavy atom. The summed E-state index contributed by atoms with van der Waals surface area (Å²) in [6.45, 7) is 1.77. The summed E-state index contributed by atoms with van der Waals surface area (Å²) in [5, 5.41) is 7.74. The van der Waals surface area contributed by atoms with Crippen LogP contribution in [0.2, 0.25) is 0 Å². The van der Waals surface area contributed by atoms with Crippen LogP contribution in [0.3, 0.4) is 0 Å². The molecule has 140 valence electrons. The molecule has 0 spiro atoms. The third kappa shape index (κ3) is 2.16. The lowest BCUT2D eigenvalue weighted by molar-refractivity contribution is 0.355. The Kier molecular flexibility index (Phi) is 3.45. The number of H-pyrrole nitrogens is 2. The molecule has 28 heavy (non-hydrogen) atoms. The third-order valence-corrected chi connectivity index (χ3v) is 5.08. The maximum absolute atomic E-state index is 12.1. The summed E-state index contributed by atoms with van der Waals surface area (Å²) in [7, 11) is 3.20. The Bertz CT molecular complexity index is 1420. The molecule has 0 aliphatic carbocycles. The summed E-state index contributed by atoms with van der Waals surface area (Å²) in [5.74, 6) is 1.26. The van der Waals surface area contributed by atoms with E-state index < -0.39 is 0 Å². The normalized spacial score (nSPS) is 11.5. The predicted molar refractivity (Wildman–Crippen MR) is 107 cm³/mol. The molecule has 0 unspecified atom stereocenters. The van der Waals surface area contributed by atoms with E-state index in [2.05, 4.69) is 10.2 Å². The van der Waals surface area contributed by atoms with Crippen LogP contribution in [0, 0.1) is 6.92 Å². The molecule has 0 aliphatic rings. The first-order chi connectivity index (χ1) is 13.6. The lowest BCUT2D eigenvalue weighted by atomic mass is 10.0. The maximum atomic E-state index is 12.1. The Morgan fingerprint density at radius 1 is 1.00 bits per heavy atom. The molecule has 2 aromatic carbocycles. The van der Waals surface area contributed by atoms with Gasteiger partial charge in [0.1, 0.15) is 11.1 Å². The fraction of sp³-hybridized carbons (Fsp3) is 0.143. The topological polar surface area (TPSA) is 93.1 Å². The summed E-state index contributed by atoms with van der Waals surface area (Å²) in [6, 6.07) is 9.02. The summed E-state index contributed by atoms with van der Waals surface area (Å²) < 4.78 is 17.0. The molecule has 0 saturated carbocycles. The Balaban J connectivity index is 1.95. The van der Waals surface area contributed by atoms with Crippen molar-refractivity contribution in [3.8, 4) is 22.6 Å². The number of pyridine rings is 1. The van der Waals surface area contributed by atoms with E-state index in [4.69, 9.17) is 18.9 Å². The fourth-order valence-corrected chi connectivity index (χ4v) is 3.65. The molecule has 7 heteroatoms. The zero-order valence-corrected chi connectivity index (χ0v) is 15.5. The molecule has 0 radical (unpaired) electrons. The monoisotopic (exact) mass is 375 g/mol. The van der Waals surface area contributed by atoms with E-state index in [1.54, 1.807) is 33.3 Å². The van der Waals surface area contributed by atoms with Crippen LogP contribution in [0.25, 0.3) is 44.2 Å². The second kappa shape index (κ2) is 5.88. The van der Waals surface area contributed by atoms with Crippen LogP contribution >= 0.6 is 0 Å². The Hall–Kier alpha value is -3.74. The van der Waals surface area contributed by atoms with Gasteiger partial charge in [0.05, 0.1) is 14.2 Å². The van der Waals surface area contributed by atoms with Gasteiger partial charge in [0, 0.05) is 28.1 Å². The molecule has 0 atom stereocenters. The van der Waals surface area contributed by atoms with Crippen molar-refractivity contribution in [3.63, 3.8) is 0 Å². The predicted octanol–water partition coefficient (Wildman–Crippen LogP) is 4.14. The van der Waals surface area contributed by atoms with Gasteiger partial charge in [0.2, 0.25) is 0 Å². The van der Waals surface area contributed by atoms with E-state index in [-0.39, 0.29) is 5.43 Å². The van der Waals surface area contributed by atoms with Gasteiger partial charge in [-0.05, 0) is 36.8 Å². The number of hydrogen-bond acceptors (Lipinski definition) is 5. The highest BCUT2D eigenvalue weighted by atomic mass is 16.5. The van der Waals surface area contributed by atoms with Gasteiger partial charge in [-0.2, -0.15) is 0 Å². The molecule has 2 N–H and O–H groups in total. The minimum absolute atomic E-state index is 0.0573. The van der Waals surface area contributed by atoms with Crippen LogP contribution in [0.1, 0.15) is 5.56 Å². The van der Waals surface area contributed by atoms with Gasteiger partial charge in [-0.15, -0.1) is 0 Å². The van der Waals surface area contributed by atoms with Gasteiger partial charge in [-0.3, -0.25) is 9.89 Å². The van der Waals surface area contributed by atoms with Crippen LogP contribution in [0.15, 0.2) is 45.7 Å². The molecule has 0 aliphatic heterocycles. The van der Waals surface area contributed by atoms with E-state index in [0.29, 0.717) is 39.4 Å². The number of aryl methyl sites for hydroxylation is 1. The minimum Gasteiger partial charge on any atom is -0.493 e. The number of furan rings is 1. The molecule has 0 saturated heterocycles. The number of rotatable bonds is 3. The van der Waals surface area contributed by atoms with E-state index in [1.165, 1.54) is 0 Å². The van der Waals surface area contributed by atoms with Crippen LogP contribution < -0.4 is 14.9 Å². The van der Waals surface area contributed by atoms with Crippen molar-refractivity contribution in [1.29, 1.82) is 0 Å². The van der Waals surface area contributed by atoms with E-state index >= 15 is 0 Å². The molecule has 0 fully saturated rings. The second-order valence-corrected chi connectivity index (χ2v) is 6.58. The SMILES string of the molecule is COc1ccc(-c2c3c[nH][nH]c3nc3c2oc2c(C)c(=O)ccc23)cc1OC. The number of hydrogen-bond donors (Lipinski definition) is 2. The number of aromatic nitrogens is 3. The summed E-state index contributed by atoms with van der Waals surface area (Å²) >= 11 is 0. The molecule has 5 aromatic rings. The summed E-state index contributed by atoms with van der Waals surface area (Å²) in [5.41, 5.74) is 4.85. The smallest absolute Gasteiger partial charge is 0.185 e. The number of fused-ring (bicyclic) bond motifs is 4. The largest absolute Gasteiger partial charge is 0.493 e. The highest BCUT2D eigenvalue weighted by molar-refractivity contribution is 6.14. The number of nitrogens with zero attached hydrogens (tertiary/aromatic N) is 1. The van der Waals surface area contributed by atoms with Crippen molar-refractivity contribution >= 4 is 33.1 Å². The highest BCUT2D eigenvalue weighted by Gasteiger charge is 2.21. The third-order valence-electron chi connectivity index (χ3n) is 5.08. The molecular formula is C21H17N3O4. The van der Waals surface area contributed by atoms with Crippen molar-refractivity contribution in [2.75, 3.05) is 14.2 Å². The van der Waals surface area contributed by atoms with E-state index in [9.17, 15) is 4.79 Å². The molecule has 0 amide bonds. The fourth-order valence-electron chi connectivity index (χ4n) is 3.65. The average molecular weight is 375 g/mol. The van der Waals surface area contributed by atoms with E-state index in [1.807, 2.05) is 24.4 Å². The lowest BCUT2D eigenvalue weighted by Crippen LogP contribution is -2.01. The number of methoxy groups -OCH3 is 2. The maximum Gasteiger partial charge on any atom is 0.185 e. The van der Waals surface area contributed by atoms with Crippen molar-refractivity contribution in [3.05, 3.63) is 52.3 Å². The molecule has 7 nitrogen and oxygen atoms in total.